The zero-order valence-corrected chi connectivity index (χ0v) is 14.8. The van der Waals surface area contributed by atoms with Crippen LogP contribution >= 0.6 is 0 Å². The maximum atomic E-state index is 12.7. The van der Waals surface area contributed by atoms with E-state index in [4.69, 9.17) is 0 Å². The first kappa shape index (κ1) is 17.5. The number of carbonyl (C=O) groups excluding carboxylic acids is 2. The van der Waals surface area contributed by atoms with Crippen LogP contribution in [0.1, 0.15) is 50.6 Å². The van der Waals surface area contributed by atoms with Crippen molar-refractivity contribution in [2.75, 3.05) is 13.1 Å². The van der Waals surface area contributed by atoms with Crippen molar-refractivity contribution >= 4 is 22.6 Å². The Balaban J connectivity index is 1.69. The molecule has 3 rings (SSSR count). The van der Waals surface area contributed by atoms with Crippen LogP contribution in [0.3, 0.4) is 0 Å². The molecule has 0 radical (unpaired) electrons. The Morgan fingerprint density at radius 3 is 2.76 bits per heavy atom. The highest BCUT2D eigenvalue weighted by Gasteiger charge is 2.30. The standard InChI is InChI=1S/C21H26N2O2/c1-2-22-20(24)13-6-14-21(25)23-15-7-12-19(23)18-11-5-9-16-8-3-4-10-17(16)18/h3-5,8-11,19H,2,6-7,12-15H2,1H3,(H,22,24). The van der Waals surface area contributed by atoms with Gasteiger partial charge in [-0.2, -0.15) is 0 Å². The topological polar surface area (TPSA) is 49.4 Å². The highest BCUT2D eigenvalue weighted by atomic mass is 16.2. The number of nitrogens with one attached hydrogen (secondary N) is 1. The monoisotopic (exact) mass is 338 g/mol. The molecule has 2 aromatic rings. The number of nitrogens with zero attached hydrogens (tertiary/aromatic N) is 1. The predicted molar refractivity (Wildman–Crippen MR) is 100 cm³/mol. The molecule has 1 N–H and O–H groups in total. The SMILES string of the molecule is CCNC(=O)CCCC(=O)N1CCCC1c1cccc2ccccc12. The maximum absolute atomic E-state index is 12.7. The van der Waals surface area contributed by atoms with Crippen molar-refractivity contribution < 1.29 is 9.59 Å². The van der Waals surface area contributed by atoms with Crippen molar-refractivity contribution in [1.29, 1.82) is 0 Å². The Bertz CT molecular complexity index is 751. The lowest BCUT2D eigenvalue weighted by atomic mass is 9.97. The van der Waals surface area contributed by atoms with Crippen LogP contribution in [0.4, 0.5) is 0 Å². The van der Waals surface area contributed by atoms with Crippen molar-refractivity contribution in [1.82, 2.24) is 10.2 Å². The summed E-state index contributed by atoms with van der Waals surface area (Å²) in [6.07, 6.45) is 3.53. The largest absolute Gasteiger partial charge is 0.356 e. The molecule has 1 fully saturated rings. The molecule has 2 aromatic carbocycles. The van der Waals surface area contributed by atoms with Gasteiger partial charge in [-0.3, -0.25) is 9.59 Å². The molecule has 2 amide bonds. The second kappa shape index (κ2) is 8.15. The predicted octanol–water partition coefficient (Wildman–Crippen LogP) is 3.81. The maximum Gasteiger partial charge on any atom is 0.223 e. The van der Waals surface area contributed by atoms with Crippen LogP contribution in [-0.4, -0.2) is 29.8 Å². The summed E-state index contributed by atoms with van der Waals surface area (Å²) in [7, 11) is 0. The van der Waals surface area contributed by atoms with Crippen LogP contribution in [0, 0.1) is 0 Å². The van der Waals surface area contributed by atoms with E-state index < -0.39 is 0 Å². The fourth-order valence-electron chi connectivity index (χ4n) is 3.76. The van der Waals surface area contributed by atoms with Crippen molar-refractivity contribution in [3.63, 3.8) is 0 Å². The molecule has 0 saturated carbocycles. The molecular formula is C21H26N2O2. The number of carbonyl (C=O) groups is 2. The van der Waals surface area contributed by atoms with E-state index in [0.717, 1.165) is 19.4 Å². The highest BCUT2D eigenvalue weighted by Crippen LogP contribution is 2.36. The van der Waals surface area contributed by atoms with Gasteiger partial charge in [0.05, 0.1) is 6.04 Å². The van der Waals surface area contributed by atoms with E-state index in [1.54, 1.807) is 0 Å². The summed E-state index contributed by atoms with van der Waals surface area (Å²) in [5.74, 6) is 0.196. The van der Waals surface area contributed by atoms with Crippen molar-refractivity contribution in [3.8, 4) is 0 Å². The lowest BCUT2D eigenvalue weighted by Gasteiger charge is -2.26. The zero-order valence-electron chi connectivity index (χ0n) is 14.8. The number of rotatable bonds is 6. The smallest absolute Gasteiger partial charge is 0.223 e. The fraction of sp³-hybridized carbons (Fsp3) is 0.429. The summed E-state index contributed by atoms with van der Waals surface area (Å²) in [6, 6.07) is 14.9. The van der Waals surface area contributed by atoms with E-state index >= 15 is 0 Å². The summed E-state index contributed by atoms with van der Waals surface area (Å²) in [6.45, 7) is 3.36. The van der Waals surface area contributed by atoms with Gasteiger partial charge in [-0.15, -0.1) is 0 Å². The van der Waals surface area contributed by atoms with Gasteiger partial charge in [-0.05, 0) is 42.5 Å². The molecule has 1 unspecified atom stereocenters. The molecule has 4 nitrogen and oxygen atoms in total. The number of likely N-dealkylation sites (tertiary alicyclic amines) is 1. The van der Waals surface area contributed by atoms with Crippen molar-refractivity contribution in [2.24, 2.45) is 0 Å². The minimum absolute atomic E-state index is 0.0299. The summed E-state index contributed by atoms with van der Waals surface area (Å²) in [5, 5.41) is 5.23. The Hall–Kier alpha value is -2.36. The molecule has 4 heteroatoms. The van der Waals surface area contributed by atoms with Gasteiger partial charge < -0.3 is 10.2 Å². The molecule has 1 atom stereocenters. The third-order valence-corrected chi connectivity index (χ3v) is 4.92. The third kappa shape index (κ3) is 4.01. The zero-order chi connectivity index (χ0) is 17.6. The van der Waals surface area contributed by atoms with Crippen LogP contribution < -0.4 is 5.32 Å². The second-order valence-corrected chi connectivity index (χ2v) is 6.62. The van der Waals surface area contributed by atoms with Crippen LogP contribution in [0.2, 0.25) is 0 Å². The van der Waals surface area contributed by atoms with Crippen molar-refractivity contribution in [2.45, 2.75) is 45.1 Å². The summed E-state index contributed by atoms with van der Waals surface area (Å²) in [5.41, 5.74) is 1.24. The number of amides is 2. The first-order valence-corrected chi connectivity index (χ1v) is 9.24. The van der Waals surface area contributed by atoms with Crippen LogP contribution in [0.5, 0.6) is 0 Å². The molecule has 1 heterocycles. The van der Waals surface area contributed by atoms with Gasteiger partial charge in [0, 0.05) is 25.9 Å². The van der Waals surface area contributed by atoms with E-state index in [1.807, 2.05) is 17.9 Å². The van der Waals surface area contributed by atoms with Crippen LogP contribution in [0.25, 0.3) is 10.8 Å². The van der Waals surface area contributed by atoms with E-state index in [2.05, 4.69) is 41.7 Å². The second-order valence-electron chi connectivity index (χ2n) is 6.62. The van der Waals surface area contributed by atoms with Gasteiger partial charge in [-0.25, -0.2) is 0 Å². The van der Waals surface area contributed by atoms with Crippen LogP contribution in [-0.2, 0) is 9.59 Å². The molecule has 0 aliphatic carbocycles. The third-order valence-electron chi connectivity index (χ3n) is 4.92. The molecule has 132 valence electrons. The quantitative estimate of drug-likeness (QED) is 0.871. The molecule has 0 aromatic heterocycles. The minimum atomic E-state index is 0.0299. The lowest BCUT2D eigenvalue weighted by molar-refractivity contribution is -0.132. The number of hydrogen-bond donors (Lipinski definition) is 1. The van der Waals surface area contributed by atoms with Gasteiger partial charge in [0.1, 0.15) is 0 Å². The highest BCUT2D eigenvalue weighted by molar-refractivity contribution is 5.87. The van der Waals surface area contributed by atoms with Gasteiger partial charge >= 0.3 is 0 Å². The van der Waals surface area contributed by atoms with Gasteiger partial charge in [0.15, 0.2) is 0 Å². The molecule has 25 heavy (non-hydrogen) atoms. The van der Waals surface area contributed by atoms with Crippen molar-refractivity contribution in [3.05, 3.63) is 48.0 Å². The molecule has 1 aliphatic rings. The van der Waals surface area contributed by atoms with Crippen LogP contribution in [0.15, 0.2) is 42.5 Å². The number of fused-ring (bicyclic) bond motifs is 1. The molecule has 0 spiro atoms. The molecular weight excluding hydrogens is 312 g/mol. The first-order chi connectivity index (χ1) is 12.2. The van der Waals surface area contributed by atoms with Gasteiger partial charge in [0.25, 0.3) is 0 Å². The van der Waals surface area contributed by atoms with E-state index in [0.29, 0.717) is 25.8 Å². The number of benzene rings is 2. The minimum Gasteiger partial charge on any atom is -0.356 e. The van der Waals surface area contributed by atoms with E-state index in [9.17, 15) is 9.59 Å². The average Bonchev–Trinajstić information content (AvgIpc) is 3.11. The summed E-state index contributed by atoms with van der Waals surface area (Å²) in [4.78, 5) is 26.3. The van der Waals surface area contributed by atoms with Gasteiger partial charge in [-0.1, -0.05) is 42.5 Å². The number of hydrogen-bond acceptors (Lipinski definition) is 2. The normalized spacial score (nSPS) is 17.0. The lowest BCUT2D eigenvalue weighted by Crippen LogP contribution is -2.31. The average molecular weight is 338 g/mol. The fourth-order valence-corrected chi connectivity index (χ4v) is 3.76. The Morgan fingerprint density at radius 1 is 1.12 bits per heavy atom. The molecule has 1 saturated heterocycles. The van der Waals surface area contributed by atoms with E-state index in [1.165, 1.54) is 16.3 Å². The first-order valence-electron chi connectivity index (χ1n) is 9.24. The Morgan fingerprint density at radius 2 is 1.92 bits per heavy atom. The Labute approximate surface area is 149 Å². The van der Waals surface area contributed by atoms with E-state index in [-0.39, 0.29) is 17.9 Å². The molecule has 0 bridgehead atoms. The molecule has 1 aliphatic heterocycles. The summed E-state index contributed by atoms with van der Waals surface area (Å²) < 4.78 is 0. The summed E-state index contributed by atoms with van der Waals surface area (Å²) >= 11 is 0. The Kier molecular flexibility index (Phi) is 5.69. The van der Waals surface area contributed by atoms with Gasteiger partial charge in [0.2, 0.25) is 11.8 Å².